The second-order valence-electron chi connectivity index (χ2n) is 4.22. The van der Waals surface area contributed by atoms with Gasteiger partial charge in [0.1, 0.15) is 12.1 Å². The summed E-state index contributed by atoms with van der Waals surface area (Å²) in [7, 11) is 0. The highest BCUT2D eigenvalue weighted by Crippen LogP contribution is 2.25. The fourth-order valence-corrected chi connectivity index (χ4v) is 2.56. The van der Waals surface area contributed by atoms with Crippen molar-refractivity contribution in [2.24, 2.45) is 5.73 Å². The van der Waals surface area contributed by atoms with Gasteiger partial charge in [-0.3, -0.25) is 0 Å². The first-order chi connectivity index (χ1) is 9.26. The molecule has 2 unspecified atom stereocenters. The third-order valence-electron chi connectivity index (χ3n) is 2.78. The molecule has 2 aromatic rings. The van der Waals surface area contributed by atoms with Crippen LogP contribution < -0.4 is 5.73 Å². The molecule has 2 aromatic heterocycles. The molecule has 0 spiro atoms. The third-order valence-corrected chi connectivity index (χ3v) is 3.74. The minimum absolute atomic E-state index is 0.108. The highest BCUT2D eigenvalue weighted by atomic mass is 32.1. The Bertz CT molecular complexity index is 478. The van der Waals surface area contributed by atoms with Crippen LogP contribution in [-0.2, 0) is 4.74 Å². The molecular formula is C13H19N3O2S. The van der Waals surface area contributed by atoms with Gasteiger partial charge in [-0.1, -0.05) is 24.6 Å². The largest absolute Gasteiger partial charge is 0.370 e. The lowest BCUT2D eigenvalue weighted by Gasteiger charge is -2.11. The first-order valence-corrected chi connectivity index (χ1v) is 7.38. The summed E-state index contributed by atoms with van der Waals surface area (Å²) in [6.07, 6.45) is 1.77. The van der Waals surface area contributed by atoms with Crippen molar-refractivity contribution >= 4 is 11.3 Å². The van der Waals surface area contributed by atoms with Gasteiger partial charge in [-0.2, -0.15) is 4.98 Å². The highest BCUT2D eigenvalue weighted by molar-refractivity contribution is 7.10. The number of nitrogens with zero attached hydrogens (tertiary/aromatic N) is 2. The van der Waals surface area contributed by atoms with Gasteiger partial charge in [0.2, 0.25) is 11.7 Å². The number of hydrogen-bond donors (Lipinski definition) is 1. The van der Waals surface area contributed by atoms with Crippen LogP contribution in [0, 0.1) is 0 Å². The molecule has 0 saturated carbocycles. The van der Waals surface area contributed by atoms with Crippen LogP contribution >= 0.6 is 11.3 Å². The zero-order chi connectivity index (χ0) is 13.7. The van der Waals surface area contributed by atoms with Crippen LogP contribution in [0.2, 0.25) is 0 Å². The standard InChI is InChI=1S/C13H19N3O2S/c1-3-6-9(17-4-2)12-15-13(18-16-12)11(14)10-7-5-8-19-10/h5,7-9,11H,3-4,6,14H2,1-2H3. The summed E-state index contributed by atoms with van der Waals surface area (Å²) in [5.74, 6) is 1.03. The van der Waals surface area contributed by atoms with Gasteiger partial charge in [0, 0.05) is 11.5 Å². The Labute approximate surface area is 116 Å². The molecule has 19 heavy (non-hydrogen) atoms. The smallest absolute Gasteiger partial charge is 0.249 e. The van der Waals surface area contributed by atoms with E-state index in [0.717, 1.165) is 17.7 Å². The Morgan fingerprint density at radius 3 is 2.95 bits per heavy atom. The highest BCUT2D eigenvalue weighted by Gasteiger charge is 2.22. The van der Waals surface area contributed by atoms with Crippen molar-refractivity contribution < 1.29 is 9.26 Å². The van der Waals surface area contributed by atoms with Gasteiger partial charge < -0.3 is 15.0 Å². The van der Waals surface area contributed by atoms with Crippen LogP contribution in [0.15, 0.2) is 22.0 Å². The van der Waals surface area contributed by atoms with Crippen molar-refractivity contribution in [1.82, 2.24) is 10.1 Å². The minimum atomic E-state index is -0.356. The molecule has 0 aliphatic rings. The lowest BCUT2D eigenvalue weighted by Crippen LogP contribution is -2.11. The van der Waals surface area contributed by atoms with Gasteiger partial charge in [0.05, 0.1) is 0 Å². The van der Waals surface area contributed by atoms with Crippen molar-refractivity contribution in [2.45, 2.75) is 38.8 Å². The number of nitrogens with two attached hydrogens (primary N) is 1. The molecule has 0 aromatic carbocycles. The van der Waals surface area contributed by atoms with E-state index in [1.807, 2.05) is 24.4 Å². The van der Waals surface area contributed by atoms with Crippen LogP contribution in [0.5, 0.6) is 0 Å². The van der Waals surface area contributed by atoms with E-state index in [9.17, 15) is 0 Å². The maximum absolute atomic E-state index is 6.10. The Morgan fingerprint density at radius 2 is 2.32 bits per heavy atom. The molecule has 2 rings (SSSR count). The summed E-state index contributed by atoms with van der Waals surface area (Å²) < 4.78 is 10.9. The summed E-state index contributed by atoms with van der Waals surface area (Å²) in [6.45, 7) is 4.69. The third kappa shape index (κ3) is 3.40. The van der Waals surface area contributed by atoms with Crippen molar-refractivity contribution in [2.75, 3.05) is 6.61 Å². The van der Waals surface area contributed by atoms with E-state index in [-0.39, 0.29) is 12.1 Å². The molecule has 2 heterocycles. The molecule has 0 amide bonds. The van der Waals surface area contributed by atoms with Gasteiger partial charge in [0.25, 0.3) is 0 Å². The molecule has 0 bridgehead atoms. The Morgan fingerprint density at radius 1 is 1.47 bits per heavy atom. The van der Waals surface area contributed by atoms with E-state index in [1.54, 1.807) is 11.3 Å². The molecule has 0 fully saturated rings. The zero-order valence-electron chi connectivity index (χ0n) is 11.2. The molecule has 0 aliphatic carbocycles. The first kappa shape index (κ1) is 14.2. The van der Waals surface area contributed by atoms with E-state index in [0.29, 0.717) is 18.3 Å². The van der Waals surface area contributed by atoms with Crippen molar-refractivity contribution in [3.05, 3.63) is 34.1 Å². The number of hydrogen-bond acceptors (Lipinski definition) is 6. The summed E-state index contributed by atoms with van der Waals surface area (Å²) >= 11 is 1.58. The maximum atomic E-state index is 6.10. The minimum Gasteiger partial charge on any atom is -0.370 e. The van der Waals surface area contributed by atoms with Gasteiger partial charge in [-0.15, -0.1) is 11.3 Å². The first-order valence-electron chi connectivity index (χ1n) is 6.50. The number of rotatable bonds is 7. The molecule has 104 valence electrons. The molecular weight excluding hydrogens is 262 g/mol. The number of ether oxygens (including phenoxy) is 1. The van der Waals surface area contributed by atoms with Crippen molar-refractivity contribution in [3.63, 3.8) is 0 Å². The Kier molecular flexibility index (Phi) is 5.07. The summed E-state index contributed by atoms with van der Waals surface area (Å²) in [5, 5.41) is 5.98. The lowest BCUT2D eigenvalue weighted by molar-refractivity contribution is 0.0477. The SMILES string of the molecule is CCCC(OCC)c1noc(C(N)c2cccs2)n1. The zero-order valence-corrected chi connectivity index (χ0v) is 12.0. The average Bonchev–Trinajstić information content (AvgIpc) is 3.09. The Balaban J connectivity index is 2.13. The molecule has 2 atom stereocenters. The van der Waals surface area contributed by atoms with Crippen LogP contribution in [0.3, 0.4) is 0 Å². The Hall–Kier alpha value is -1.24. The second-order valence-corrected chi connectivity index (χ2v) is 5.20. The van der Waals surface area contributed by atoms with E-state index >= 15 is 0 Å². The monoisotopic (exact) mass is 281 g/mol. The van der Waals surface area contributed by atoms with E-state index in [2.05, 4.69) is 17.1 Å². The van der Waals surface area contributed by atoms with Crippen LogP contribution in [-0.4, -0.2) is 16.7 Å². The normalized spacial score (nSPS) is 14.5. The fraction of sp³-hybridized carbons (Fsp3) is 0.538. The van der Waals surface area contributed by atoms with Crippen LogP contribution in [0.25, 0.3) is 0 Å². The van der Waals surface area contributed by atoms with Crippen LogP contribution in [0.4, 0.5) is 0 Å². The molecule has 0 saturated heterocycles. The summed E-state index contributed by atoms with van der Waals surface area (Å²) in [6, 6.07) is 3.56. The molecule has 0 radical (unpaired) electrons. The number of thiophene rings is 1. The topological polar surface area (TPSA) is 74.2 Å². The number of aromatic nitrogens is 2. The lowest BCUT2D eigenvalue weighted by atomic mass is 10.2. The molecule has 6 heteroatoms. The van der Waals surface area contributed by atoms with Gasteiger partial charge in [0.15, 0.2) is 0 Å². The van der Waals surface area contributed by atoms with Crippen molar-refractivity contribution in [1.29, 1.82) is 0 Å². The van der Waals surface area contributed by atoms with Gasteiger partial charge >= 0.3 is 0 Å². The van der Waals surface area contributed by atoms with Gasteiger partial charge in [-0.25, -0.2) is 0 Å². The maximum Gasteiger partial charge on any atom is 0.249 e. The fourth-order valence-electron chi connectivity index (χ4n) is 1.84. The summed E-state index contributed by atoms with van der Waals surface area (Å²) in [5.41, 5.74) is 6.10. The van der Waals surface area contributed by atoms with Crippen molar-refractivity contribution in [3.8, 4) is 0 Å². The molecule has 2 N–H and O–H groups in total. The summed E-state index contributed by atoms with van der Waals surface area (Å²) in [4.78, 5) is 5.40. The molecule has 0 aliphatic heterocycles. The van der Waals surface area contributed by atoms with E-state index in [1.165, 1.54) is 0 Å². The van der Waals surface area contributed by atoms with Gasteiger partial charge in [-0.05, 0) is 24.8 Å². The second kappa shape index (κ2) is 6.79. The van der Waals surface area contributed by atoms with E-state index in [4.69, 9.17) is 15.0 Å². The van der Waals surface area contributed by atoms with E-state index < -0.39 is 0 Å². The predicted molar refractivity (Wildman–Crippen MR) is 73.9 cm³/mol. The average molecular weight is 281 g/mol. The molecule has 5 nitrogen and oxygen atoms in total. The quantitative estimate of drug-likeness (QED) is 0.844. The predicted octanol–water partition coefficient (Wildman–Crippen LogP) is 3.06. The van der Waals surface area contributed by atoms with Crippen LogP contribution in [0.1, 0.15) is 55.4 Å².